The molecule has 3 unspecified atom stereocenters. The minimum atomic E-state index is -1.18. The fraction of sp³-hybridized carbons (Fsp3) is 0.538. The SMILES string of the molecule is CCCOC1C(O)CC1Oc1cc(F)c([N+](=O)[O-])cc1F. The van der Waals surface area contributed by atoms with E-state index in [0.717, 1.165) is 6.42 Å². The van der Waals surface area contributed by atoms with Gasteiger partial charge >= 0.3 is 5.69 Å². The minimum absolute atomic E-state index is 0.229. The zero-order valence-corrected chi connectivity index (χ0v) is 11.3. The van der Waals surface area contributed by atoms with Crippen molar-refractivity contribution in [1.29, 1.82) is 0 Å². The van der Waals surface area contributed by atoms with Crippen LogP contribution < -0.4 is 4.74 Å². The summed E-state index contributed by atoms with van der Waals surface area (Å²) in [7, 11) is 0. The highest BCUT2D eigenvalue weighted by Crippen LogP contribution is 2.32. The van der Waals surface area contributed by atoms with E-state index in [2.05, 4.69) is 0 Å². The standard InChI is InChI=1S/C13H15F2NO5/c1-2-3-20-13-10(17)6-12(13)21-11-5-7(14)9(16(18)19)4-8(11)15/h4-5,10,12-13,17H,2-3,6H2,1H3. The summed E-state index contributed by atoms with van der Waals surface area (Å²) in [4.78, 5) is 9.48. The van der Waals surface area contributed by atoms with Gasteiger partial charge in [-0.2, -0.15) is 4.39 Å². The van der Waals surface area contributed by atoms with Crippen molar-refractivity contribution in [2.75, 3.05) is 6.61 Å². The number of hydrogen-bond acceptors (Lipinski definition) is 5. The van der Waals surface area contributed by atoms with Crippen LogP contribution in [0.25, 0.3) is 0 Å². The molecular weight excluding hydrogens is 288 g/mol. The van der Waals surface area contributed by atoms with E-state index >= 15 is 0 Å². The third-order valence-corrected chi connectivity index (χ3v) is 3.21. The summed E-state index contributed by atoms with van der Waals surface area (Å²) in [5, 5.41) is 20.1. The molecule has 1 aliphatic carbocycles. The Bertz CT molecular complexity index is 540. The predicted molar refractivity (Wildman–Crippen MR) is 68.1 cm³/mol. The Morgan fingerprint density at radius 2 is 2.14 bits per heavy atom. The van der Waals surface area contributed by atoms with Gasteiger partial charge in [-0.15, -0.1) is 0 Å². The summed E-state index contributed by atoms with van der Waals surface area (Å²) < 4.78 is 37.8. The van der Waals surface area contributed by atoms with Crippen LogP contribution in [0.1, 0.15) is 19.8 Å². The van der Waals surface area contributed by atoms with Crippen LogP contribution in [-0.2, 0) is 4.74 Å². The highest BCUT2D eigenvalue weighted by Gasteiger charge is 2.43. The van der Waals surface area contributed by atoms with Crippen molar-refractivity contribution >= 4 is 5.69 Å². The fourth-order valence-electron chi connectivity index (χ4n) is 2.06. The van der Waals surface area contributed by atoms with Gasteiger partial charge < -0.3 is 14.6 Å². The first-order valence-electron chi connectivity index (χ1n) is 6.53. The molecule has 6 nitrogen and oxygen atoms in total. The van der Waals surface area contributed by atoms with E-state index < -0.39 is 46.3 Å². The number of nitro groups is 1. The zero-order chi connectivity index (χ0) is 15.6. The maximum absolute atomic E-state index is 13.7. The highest BCUT2D eigenvalue weighted by atomic mass is 19.1. The van der Waals surface area contributed by atoms with Crippen molar-refractivity contribution in [2.24, 2.45) is 0 Å². The number of ether oxygens (including phenoxy) is 2. The second-order valence-electron chi connectivity index (χ2n) is 4.79. The Morgan fingerprint density at radius 1 is 1.43 bits per heavy atom. The van der Waals surface area contributed by atoms with Gasteiger partial charge in [-0.1, -0.05) is 6.92 Å². The van der Waals surface area contributed by atoms with Gasteiger partial charge in [0.1, 0.15) is 12.2 Å². The van der Waals surface area contributed by atoms with E-state index in [1.54, 1.807) is 0 Å². The van der Waals surface area contributed by atoms with Crippen molar-refractivity contribution in [3.63, 3.8) is 0 Å². The summed E-state index contributed by atoms with van der Waals surface area (Å²) in [5.41, 5.74) is -0.952. The van der Waals surface area contributed by atoms with Gasteiger partial charge in [0.05, 0.1) is 17.1 Å². The predicted octanol–water partition coefficient (Wildman–Crippen LogP) is 2.18. The number of halogens is 2. The molecule has 0 bridgehead atoms. The molecule has 2 rings (SSSR count). The summed E-state index contributed by atoms with van der Waals surface area (Å²) in [6.45, 7) is 2.31. The summed E-state index contributed by atoms with van der Waals surface area (Å²) in [5.74, 6) is -2.64. The first-order chi connectivity index (χ1) is 9.93. The van der Waals surface area contributed by atoms with Crippen molar-refractivity contribution in [3.05, 3.63) is 33.9 Å². The number of aliphatic hydroxyl groups excluding tert-OH is 1. The van der Waals surface area contributed by atoms with Crippen molar-refractivity contribution < 1.29 is 28.3 Å². The Morgan fingerprint density at radius 3 is 2.71 bits per heavy atom. The molecule has 8 heteroatoms. The third kappa shape index (κ3) is 3.27. The Labute approximate surface area is 119 Å². The lowest BCUT2D eigenvalue weighted by Crippen LogP contribution is -2.55. The molecule has 0 heterocycles. The topological polar surface area (TPSA) is 81.8 Å². The summed E-state index contributed by atoms with van der Waals surface area (Å²) in [6, 6.07) is 1.11. The number of rotatable bonds is 6. The van der Waals surface area contributed by atoms with E-state index in [4.69, 9.17) is 9.47 Å². The van der Waals surface area contributed by atoms with E-state index in [1.165, 1.54) is 0 Å². The van der Waals surface area contributed by atoms with Crippen LogP contribution in [0.4, 0.5) is 14.5 Å². The van der Waals surface area contributed by atoms with Crippen LogP contribution in [0.5, 0.6) is 5.75 Å². The van der Waals surface area contributed by atoms with Gasteiger partial charge in [0.2, 0.25) is 5.82 Å². The molecule has 1 aromatic carbocycles. The number of nitro benzene ring substituents is 1. The van der Waals surface area contributed by atoms with Crippen LogP contribution in [-0.4, -0.2) is 34.9 Å². The molecule has 21 heavy (non-hydrogen) atoms. The summed E-state index contributed by atoms with van der Waals surface area (Å²) >= 11 is 0. The molecule has 1 fully saturated rings. The normalized spacial score (nSPS) is 24.5. The number of nitrogens with zero attached hydrogens (tertiary/aromatic N) is 1. The molecule has 1 N–H and O–H groups in total. The quantitative estimate of drug-likeness (QED) is 0.643. The van der Waals surface area contributed by atoms with Gasteiger partial charge in [-0.25, -0.2) is 4.39 Å². The maximum Gasteiger partial charge on any atom is 0.307 e. The van der Waals surface area contributed by atoms with Crippen LogP contribution >= 0.6 is 0 Å². The zero-order valence-electron chi connectivity index (χ0n) is 11.3. The maximum atomic E-state index is 13.7. The molecule has 0 radical (unpaired) electrons. The number of aliphatic hydroxyl groups is 1. The first kappa shape index (κ1) is 15.6. The van der Waals surface area contributed by atoms with Gasteiger partial charge in [0.25, 0.3) is 0 Å². The van der Waals surface area contributed by atoms with Gasteiger partial charge in [0.15, 0.2) is 11.6 Å². The van der Waals surface area contributed by atoms with Crippen LogP contribution in [0.3, 0.4) is 0 Å². The van der Waals surface area contributed by atoms with Crippen LogP contribution in [0.15, 0.2) is 12.1 Å². The van der Waals surface area contributed by atoms with E-state index in [9.17, 15) is 24.0 Å². The molecule has 0 aliphatic heterocycles. The minimum Gasteiger partial charge on any atom is -0.484 e. The Hall–Kier alpha value is -1.80. The molecule has 1 saturated carbocycles. The monoisotopic (exact) mass is 303 g/mol. The third-order valence-electron chi connectivity index (χ3n) is 3.21. The lowest BCUT2D eigenvalue weighted by atomic mass is 9.88. The average Bonchev–Trinajstić information content (AvgIpc) is 2.41. The van der Waals surface area contributed by atoms with Crippen LogP contribution in [0.2, 0.25) is 0 Å². The molecule has 0 aromatic heterocycles. The largest absolute Gasteiger partial charge is 0.484 e. The van der Waals surface area contributed by atoms with Crippen LogP contribution in [0, 0.1) is 21.7 Å². The van der Waals surface area contributed by atoms with Crippen molar-refractivity contribution in [1.82, 2.24) is 0 Å². The first-order valence-corrected chi connectivity index (χ1v) is 6.53. The van der Waals surface area contributed by atoms with E-state index in [1.807, 2.05) is 6.92 Å². The van der Waals surface area contributed by atoms with Gasteiger partial charge in [0, 0.05) is 19.1 Å². The molecule has 3 atom stereocenters. The second kappa shape index (κ2) is 6.31. The second-order valence-corrected chi connectivity index (χ2v) is 4.79. The Kier molecular flexibility index (Phi) is 4.69. The molecule has 116 valence electrons. The van der Waals surface area contributed by atoms with E-state index in [-0.39, 0.29) is 6.42 Å². The smallest absolute Gasteiger partial charge is 0.307 e. The van der Waals surface area contributed by atoms with E-state index in [0.29, 0.717) is 18.7 Å². The fourth-order valence-corrected chi connectivity index (χ4v) is 2.06. The molecule has 0 spiro atoms. The molecule has 1 aliphatic rings. The van der Waals surface area contributed by atoms with Crippen molar-refractivity contribution in [2.45, 2.75) is 38.1 Å². The highest BCUT2D eigenvalue weighted by molar-refractivity contribution is 5.39. The molecule has 0 amide bonds. The Balaban J connectivity index is 2.09. The lowest BCUT2D eigenvalue weighted by molar-refractivity contribution is -0.387. The summed E-state index contributed by atoms with van der Waals surface area (Å²) in [6.07, 6.45) is -0.958. The number of benzene rings is 1. The average molecular weight is 303 g/mol. The van der Waals surface area contributed by atoms with Crippen molar-refractivity contribution in [3.8, 4) is 5.75 Å². The van der Waals surface area contributed by atoms with Gasteiger partial charge in [-0.05, 0) is 6.42 Å². The number of hydrogen-bond donors (Lipinski definition) is 1. The van der Waals surface area contributed by atoms with Gasteiger partial charge in [-0.3, -0.25) is 10.1 Å². The lowest BCUT2D eigenvalue weighted by Gasteiger charge is -2.40. The molecule has 1 aromatic rings. The molecular formula is C13H15F2NO5. The molecule has 0 saturated heterocycles.